The van der Waals surface area contributed by atoms with E-state index in [-0.39, 0.29) is 11.9 Å². The predicted octanol–water partition coefficient (Wildman–Crippen LogP) is 3.08. The van der Waals surface area contributed by atoms with Crippen molar-refractivity contribution >= 4 is 5.91 Å². The van der Waals surface area contributed by atoms with Gasteiger partial charge in [-0.3, -0.25) is 4.79 Å². The number of hydrogen-bond donors (Lipinski definition) is 1. The van der Waals surface area contributed by atoms with E-state index in [2.05, 4.69) is 11.4 Å². The molecule has 0 aliphatic rings. The average molecular weight is 340 g/mol. The van der Waals surface area contributed by atoms with Crippen LogP contribution in [0.4, 0.5) is 0 Å². The van der Waals surface area contributed by atoms with Crippen molar-refractivity contribution in [3.8, 4) is 23.3 Å². The van der Waals surface area contributed by atoms with Crippen LogP contribution in [0, 0.1) is 11.3 Å². The first-order valence-electron chi connectivity index (χ1n) is 7.65. The lowest BCUT2D eigenvalue weighted by atomic mass is 10.1. The van der Waals surface area contributed by atoms with Crippen molar-refractivity contribution in [2.24, 2.45) is 0 Å². The van der Waals surface area contributed by atoms with Crippen LogP contribution in [-0.4, -0.2) is 27.2 Å². The van der Waals surface area contributed by atoms with Crippen molar-refractivity contribution in [1.82, 2.24) is 5.32 Å². The molecule has 6 heteroatoms. The second-order valence-electron chi connectivity index (χ2n) is 5.31. The van der Waals surface area contributed by atoms with Gasteiger partial charge in [0.1, 0.15) is 0 Å². The minimum absolute atomic E-state index is 0.238. The Labute approximate surface area is 146 Å². The van der Waals surface area contributed by atoms with Crippen molar-refractivity contribution < 1.29 is 19.0 Å². The molecule has 0 fully saturated rings. The Kier molecular flexibility index (Phi) is 5.85. The van der Waals surface area contributed by atoms with E-state index in [1.807, 2.05) is 19.1 Å². The number of carbonyl (C=O) groups excluding carboxylic acids is 1. The molecular formula is C19H20N2O4. The molecule has 2 aromatic rings. The maximum absolute atomic E-state index is 12.7. The van der Waals surface area contributed by atoms with Crippen LogP contribution in [0.1, 0.15) is 34.5 Å². The third kappa shape index (κ3) is 3.83. The van der Waals surface area contributed by atoms with Gasteiger partial charge in [0.05, 0.1) is 44.6 Å². The highest BCUT2D eigenvalue weighted by molar-refractivity contribution is 5.98. The molecule has 0 saturated carbocycles. The van der Waals surface area contributed by atoms with Crippen LogP contribution >= 0.6 is 0 Å². The summed E-state index contributed by atoms with van der Waals surface area (Å²) in [6.45, 7) is 1.87. The molecule has 0 aliphatic carbocycles. The molecule has 1 unspecified atom stereocenters. The molecular weight excluding hydrogens is 320 g/mol. The summed E-state index contributed by atoms with van der Waals surface area (Å²) < 4.78 is 15.9. The largest absolute Gasteiger partial charge is 0.493 e. The summed E-state index contributed by atoms with van der Waals surface area (Å²) >= 11 is 0. The molecule has 130 valence electrons. The third-order valence-electron chi connectivity index (χ3n) is 3.84. The average Bonchev–Trinajstić information content (AvgIpc) is 2.66. The van der Waals surface area contributed by atoms with Gasteiger partial charge in [0.25, 0.3) is 5.91 Å². The Morgan fingerprint density at radius 2 is 1.64 bits per heavy atom. The number of amides is 1. The van der Waals surface area contributed by atoms with E-state index >= 15 is 0 Å². The van der Waals surface area contributed by atoms with E-state index < -0.39 is 0 Å². The molecule has 0 aliphatic heterocycles. The summed E-state index contributed by atoms with van der Waals surface area (Å²) in [5.41, 5.74) is 1.82. The van der Waals surface area contributed by atoms with Gasteiger partial charge in [0.15, 0.2) is 11.5 Å². The lowest BCUT2D eigenvalue weighted by molar-refractivity contribution is 0.0936. The Hall–Kier alpha value is -3.20. The summed E-state index contributed by atoms with van der Waals surface area (Å²) in [6, 6.07) is 12.2. The van der Waals surface area contributed by atoms with E-state index in [1.54, 1.807) is 24.3 Å². The maximum atomic E-state index is 12.7. The minimum Gasteiger partial charge on any atom is -0.493 e. The molecule has 0 saturated heterocycles. The number of nitrogens with one attached hydrogen (secondary N) is 1. The normalized spacial score (nSPS) is 11.2. The lowest BCUT2D eigenvalue weighted by Crippen LogP contribution is -2.27. The molecule has 0 bridgehead atoms. The fraction of sp³-hybridized carbons (Fsp3) is 0.263. The smallest absolute Gasteiger partial charge is 0.255 e. The zero-order chi connectivity index (χ0) is 18.4. The molecule has 0 spiro atoms. The second kappa shape index (κ2) is 8.06. The van der Waals surface area contributed by atoms with Gasteiger partial charge in [0.2, 0.25) is 5.75 Å². The number of methoxy groups -OCH3 is 3. The molecule has 2 rings (SSSR count). The van der Waals surface area contributed by atoms with E-state index in [0.29, 0.717) is 28.4 Å². The summed E-state index contributed by atoms with van der Waals surface area (Å²) in [5, 5.41) is 11.8. The van der Waals surface area contributed by atoms with Crippen molar-refractivity contribution in [2.75, 3.05) is 21.3 Å². The number of nitriles is 1. The number of hydrogen-bond acceptors (Lipinski definition) is 5. The molecule has 1 N–H and O–H groups in total. The molecule has 0 aromatic heterocycles. The zero-order valence-electron chi connectivity index (χ0n) is 14.6. The minimum atomic E-state index is -0.297. The number of rotatable bonds is 6. The quantitative estimate of drug-likeness (QED) is 0.874. The molecule has 6 nitrogen and oxygen atoms in total. The van der Waals surface area contributed by atoms with Gasteiger partial charge in [-0.2, -0.15) is 5.26 Å². The number of ether oxygens (including phenoxy) is 3. The van der Waals surface area contributed by atoms with Crippen molar-refractivity contribution in [3.05, 3.63) is 53.1 Å². The SMILES string of the molecule is COc1ccc(C(=O)NC(C)c2ccc(C#N)cc2)c(OC)c1OC. The topological polar surface area (TPSA) is 80.6 Å². The fourth-order valence-electron chi connectivity index (χ4n) is 2.48. The predicted molar refractivity (Wildman–Crippen MR) is 93.1 cm³/mol. The number of carbonyl (C=O) groups is 1. The second-order valence-corrected chi connectivity index (χ2v) is 5.31. The van der Waals surface area contributed by atoms with E-state index in [4.69, 9.17) is 19.5 Å². The van der Waals surface area contributed by atoms with E-state index in [9.17, 15) is 4.79 Å². The van der Waals surface area contributed by atoms with Crippen LogP contribution in [0.5, 0.6) is 17.2 Å². The Balaban J connectivity index is 2.26. The van der Waals surface area contributed by atoms with Gasteiger partial charge in [0, 0.05) is 0 Å². The van der Waals surface area contributed by atoms with Crippen LogP contribution in [-0.2, 0) is 0 Å². The Morgan fingerprint density at radius 3 is 2.16 bits per heavy atom. The van der Waals surface area contributed by atoms with E-state index in [0.717, 1.165) is 5.56 Å². The van der Waals surface area contributed by atoms with Crippen molar-refractivity contribution in [2.45, 2.75) is 13.0 Å². The fourth-order valence-corrected chi connectivity index (χ4v) is 2.48. The summed E-state index contributed by atoms with van der Waals surface area (Å²) in [7, 11) is 4.48. The summed E-state index contributed by atoms with van der Waals surface area (Å²) in [5.74, 6) is 0.862. The number of benzene rings is 2. The molecule has 25 heavy (non-hydrogen) atoms. The standard InChI is InChI=1S/C19H20N2O4/c1-12(14-7-5-13(11-20)6-8-14)21-19(22)15-9-10-16(23-2)18(25-4)17(15)24-3/h5-10,12H,1-4H3,(H,21,22). The van der Waals surface area contributed by atoms with Gasteiger partial charge in [-0.05, 0) is 36.8 Å². The first kappa shape index (κ1) is 18.1. The lowest BCUT2D eigenvalue weighted by Gasteiger charge is -2.18. The van der Waals surface area contributed by atoms with Gasteiger partial charge in [-0.1, -0.05) is 12.1 Å². The van der Waals surface area contributed by atoms with Gasteiger partial charge < -0.3 is 19.5 Å². The van der Waals surface area contributed by atoms with Gasteiger partial charge >= 0.3 is 0 Å². The summed E-state index contributed by atoms with van der Waals surface area (Å²) in [6.07, 6.45) is 0. The van der Waals surface area contributed by atoms with Crippen LogP contribution < -0.4 is 19.5 Å². The molecule has 1 atom stereocenters. The third-order valence-corrected chi connectivity index (χ3v) is 3.84. The van der Waals surface area contributed by atoms with Crippen LogP contribution in [0.3, 0.4) is 0 Å². The summed E-state index contributed by atoms with van der Waals surface area (Å²) in [4.78, 5) is 12.7. The van der Waals surface area contributed by atoms with Crippen LogP contribution in [0.25, 0.3) is 0 Å². The molecule has 0 heterocycles. The van der Waals surface area contributed by atoms with Crippen LogP contribution in [0.15, 0.2) is 36.4 Å². The highest BCUT2D eigenvalue weighted by atomic mass is 16.5. The first-order valence-corrected chi connectivity index (χ1v) is 7.65. The monoisotopic (exact) mass is 340 g/mol. The highest BCUT2D eigenvalue weighted by Gasteiger charge is 2.21. The maximum Gasteiger partial charge on any atom is 0.255 e. The molecule has 0 radical (unpaired) electrons. The van der Waals surface area contributed by atoms with Crippen molar-refractivity contribution in [1.29, 1.82) is 5.26 Å². The zero-order valence-corrected chi connectivity index (χ0v) is 14.6. The van der Waals surface area contributed by atoms with Crippen molar-refractivity contribution in [3.63, 3.8) is 0 Å². The Bertz CT molecular complexity index is 794. The highest BCUT2D eigenvalue weighted by Crippen LogP contribution is 2.39. The van der Waals surface area contributed by atoms with Crippen LogP contribution in [0.2, 0.25) is 0 Å². The Morgan fingerprint density at radius 1 is 1.00 bits per heavy atom. The molecule has 2 aromatic carbocycles. The van der Waals surface area contributed by atoms with E-state index in [1.165, 1.54) is 21.3 Å². The number of nitrogens with zero attached hydrogens (tertiary/aromatic N) is 1. The van der Waals surface area contributed by atoms with Gasteiger partial charge in [-0.25, -0.2) is 0 Å². The first-order chi connectivity index (χ1) is 12.0. The van der Waals surface area contributed by atoms with Gasteiger partial charge in [-0.15, -0.1) is 0 Å². The molecule has 1 amide bonds.